The number of carbonyl (C=O) groups is 2. The zero-order valence-electron chi connectivity index (χ0n) is 10.7. The third-order valence-electron chi connectivity index (χ3n) is 2.33. The summed E-state index contributed by atoms with van der Waals surface area (Å²) < 4.78 is 5.70. The molecular formula is C11H14Br2N4O3. The molecule has 0 heterocycles. The summed E-state index contributed by atoms with van der Waals surface area (Å²) in [6, 6.07) is 3.28. The van der Waals surface area contributed by atoms with Crippen molar-refractivity contribution in [3.05, 3.63) is 26.6 Å². The fourth-order valence-corrected chi connectivity index (χ4v) is 2.63. The molecule has 0 fully saturated rings. The van der Waals surface area contributed by atoms with E-state index < -0.39 is 12.0 Å². The molecule has 0 aliphatic heterocycles. The van der Waals surface area contributed by atoms with E-state index in [0.717, 1.165) is 5.01 Å². The molecule has 0 unspecified atom stereocenters. The third kappa shape index (κ3) is 4.09. The van der Waals surface area contributed by atoms with Crippen LogP contribution in [0.1, 0.15) is 10.4 Å². The lowest BCUT2D eigenvalue weighted by Crippen LogP contribution is -2.48. The highest BCUT2D eigenvalue weighted by Gasteiger charge is 2.21. The SMILES string of the molecule is COC(=O)NN(CCN)C(=O)c1cc(Br)cc(Br)c1N. The molecule has 0 radical (unpaired) electrons. The number of carbonyl (C=O) groups excluding carboxylic acids is 2. The highest BCUT2D eigenvalue weighted by atomic mass is 79.9. The Labute approximate surface area is 132 Å². The second-order valence-electron chi connectivity index (χ2n) is 3.70. The Hall–Kier alpha value is -1.32. The Kier molecular flexibility index (Phi) is 6.24. The van der Waals surface area contributed by atoms with E-state index >= 15 is 0 Å². The van der Waals surface area contributed by atoms with Crippen LogP contribution in [-0.4, -0.2) is 37.2 Å². The average Bonchev–Trinajstić information content (AvgIpc) is 2.41. The summed E-state index contributed by atoms with van der Waals surface area (Å²) in [7, 11) is 1.20. The minimum atomic E-state index is -0.764. The lowest BCUT2D eigenvalue weighted by Gasteiger charge is -2.22. The van der Waals surface area contributed by atoms with Crippen LogP contribution in [0.3, 0.4) is 0 Å². The second-order valence-corrected chi connectivity index (χ2v) is 5.47. The first-order valence-corrected chi connectivity index (χ1v) is 7.10. The monoisotopic (exact) mass is 408 g/mol. The van der Waals surface area contributed by atoms with Crippen LogP contribution in [0.25, 0.3) is 0 Å². The molecule has 1 rings (SSSR count). The van der Waals surface area contributed by atoms with Gasteiger partial charge in [-0.05, 0) is 28.1 Å². The molecule has 7 nitrogen and oxygen atoms in total. The van der Waals surface area contributed by atoms with Gasteiger partial charge >= 0.3 is 6.09 Å². The van der Waals surface area contributed by atoms with E-state index in [0.29, 0.717) is 8.95 Å². The Bertz CT molecular complexity index is 525. The number of nitrogens with two attached hydrogens (primary N) is 2. The number of ether oxygens (including phenoxy) is 1. The standard InChI is InChI=1S/C11H14Br2N4O3/c1-20-11(19)16-17(3-2-14)10(18)7-4-6(12)5-8(13)9(7)15/h4-5H,2-3,14-15H2,1H3,(H,16,19). The molecule has 0 spiro atoms. The van der Waals surface area contributed by atoms with Gasteiger partial charge in [-0.3, -0.25) is 4.79 Å². The van der Waals surface area contributed by atoms with E-state index in [1.807, 2.05) is 0 Å². The molecule has 0 aliphatic rings. The number of amides is 2. The smallest absolute Gasteiger partial charge is 0.425 e. The summed E-state index contributed by atoms with van der Waals surface area (Å²) >= 11 is 6.53. The molecule has 9 heteroatoms. The van der Waals surface area contributed by atoms with Gasteiger partial charge in [-0.2, -0.15) is 0 Å². The predicted molar refractivity (Wildman–Crippen MR) is 81.9 cm³/mol. The first-order chi connectivity index (χ1) is 9.40. The number of nitrogen functional groups attached to an aromatic ring is 1. The number of hydrogen-bond donors (Lipinski definition) is 3. The number of nitrogens with one attached hydrogen (secondary N) is 1. The fraction of sp³-hybridized carbons (Fsp3) is 0.273. The highest BCUT2D eigenvalue weighted by molar-refractivity contribution is 9.11. The summed E-state index contributed by atoms with van der Waals surface area (Å²) in [5, 5.41) is 1.05. The van der Waals surface area contributed by atoms with Gasteiger partial charge in [-0.25, -0.2) is 15.2 Å². The summed E-state index contributed by atoms with van der Waals surface area (Å²) in [5.74, 6) is -0.486. The van der Waals surface area contributed by atoms with Gasteiger partial charge in [0.1, 0.15) is 0 Å². The zero-order valence-corrected chi connectivity index (χ0v) is 13.8. The summed E-state index contributed by atoms with van der Waals surface area (Å²) in [4.78, 5) is 23.6. The van der Waals surface area contributed by atoms with Crippen LogP contribution in [-0.2, 0) is 4.74 Å². The Morgan fingerprint density at radius 3 is 2.60 bits per heavy atom. The molecule has 5 N–H and O–H groups in total. The first-order valence-electron chi connectivity index (χ1n) is 5.51. The normalized spacial score (nSPS) is 10.0. The van der Waals surface area contributed by atoms with Crippen molar-refractivity contribution >= 4 is 49.5 Å². The molecule has 0 aromatic heterocycles. The number of anilines is 1. The van der Waals surface area contributed by atoms with Crippen molar-refractivity contribution in [2.45, 2.75) is 0 Å². The van der Waals surface area contributed by atoms with Gasteiger partial charge in [0.15, 0.2) is 0 Å². The second kappa shape index (κ2) is 7.46. The van der Waals surface area contributed by atoms with E-state index in [9.17, 15) is 9.59 Å². The minimum absolute atomic E-state index is 0.123. The third-order valence-corrected chi connectivity index (χ3v) is 3.45. The lowest BCUT2D eigenvalue weighted by atomic mass is 10.1. The zero-order chi connectivity index (χ0) is 15.3. The molecule has 0 bridgehead atoms. The quantitative estimate of drug-likeness (QED) is 0.517. The van der Waals surface area contributed by atoms with Crippen LogP contribution >= 0.6 is 31.9 Å². The predicted octanol–water partition coefficient (Wildman–Crippen LogP) is 1.47. The Morgan fingerprint density at radius 1 is 1.40 bits per heavy atom. The molecule has 110 valence electrons. The van der Waals surface area contributed by atoms with E-state index in [2.05, 4.69) is 42.0 Å². The maximum absolute atomic E-state index is 12.4. The van der Waals surface area contributed by atoms with Gasteiger partial charge in [0.05, 0.1) is 24.9 Å². The largest absolute Gasteiger partial charge is 0.452 e. The van der Waals surface area contributed by atoms with Crippen LogP contribution in [0.15, 0.2) is 21.1 Å². The van der Waals surface area contributed by atoms with Gasteiger partial charge < -0.3 is 16.2 Å². The first kappa shape index (κ1) is 16.7. The maximum Gasteiger partial charge on any atom is 0.425 e. The maximum atomic E-state index is 12.4. The van der Waals surface area contributed by atoms with Gasteiger partial charge in [-0.1, -0.05) is 15.9 Å². The number of benzene rings is 1. The molecule has 0 aliphatic carbocycles. The number of hydrazine groups is 1. The van der Waals surface area contributed by atoms with Gasteiger partial charge in [-0.15, -0.1) is 0 Å². The number of methoxy groups -OCH3 is 1. The molecular weight excluding hydrogens is 396 g/mol. The van der Waals surface area contributed by atoms with Crippen molar-refractivity contribution in [3.63, 3.8) is 0 Å². The Morgan fingerprint density at radius 2 is 2.05 bits per heavy atom. The van der Waals surface area contributed by atoms with Gasteiger partial charge in [0.2, 0.25) is 0 Å². The van der Waals surface area contributed by atoms with E-state index in [1.165, 1.54) is 7.11 Å². The fourth-order valence-electron chi connectivity index (χ4n) is 1.40. The summed E-state index contributed by atoms with van der Waals surface area (Å²) in [6.45, 7) is 0.294. The number of hydrogen-bond acceptors (Lipinski definition) is 5. The topological polar surface area (TPSA) is 111 Å². The van der Waals surface area contributed by atoms with E-state index in [-0.39, 0.29) is 24.3 Å². The molecule has 1 aromatic carbocycles. The van der Waals surface area contributed by atoms with E-state index in [1.54, 1.807) is 12.1 Å². The van der Waals surface area contributed by atoms with Crippen molar-refractivity contribution in [2.75, 3.05) is 25.9 Å². The number of halogens is 2. The van der Waals surface area contributed by atoms with Crippen LogP contribution in [0.2, 0.25) is 0 Å². The van der Waals surface area contributed by atoms with E-state index in [4.69, 9.17) is 11.5 Å². The molecule has 20 heavy (non-hydrogen) atoms. The Balaban J connectivity index is 3.09. The lowest BCUT2D eigenvalue weighted by molar-refractivity contribution is 0.0639. The minimum Gasteiger partial charge on any atom is -0.452 e. The van der Waals surface area contributed by atoms with Crippen molar-refractivity contribution < 1.29 is 14.3 Å². The molecule has 0 atom stereocenters. The molecule has 2 amide bonds. The molecule has 0 saturated carbocycles. The summed E-state index contributed by atoms with van der Waals surface area (Å²) in [6.07, 6.45) is -0.764. The number of rotatable bonds is 3. The van der Waals surface area contributed by atoms with Crippen LogP contribution in [0.4, 0.5) is 10.5 Å². The van der Waals surface area contributed by atoms with Crippen LogP contribution in [0, 0.1) is 0 Å². The average molecular weight is 410 g/mol. The van der Waals surface area contributed by atoms with Gasteiger partial charge in [0.25, 0.3) is 5.91 Å². The van der Waals surface area contributed by atoms with Crippen LogP contribution < -0.4 is 16.9 Å². The molecule has 0 saturated heterocycles. The van der Waals surface area contributed by atoms with Crippen molar-refractivity contribution in [2.24, 2.45) is 5.73 Å². The highest BCUT2D eigenvalue weighted by Crippen LogP contribution is 2.28. The van der Waals surface area contributed by atoms with Crippen molar-refractivity contribution in [1.29, 1.82) is 0 Å². The van der Waals surface area contributed by atoms with Crippen molar-refractivity contribution in [3.8, 4) is 0 Å². The van der Waals surface area contributed by atoms with Crippen molar-refractivity contribution in [1.82, 2.24) is 10.4 Å². The molecule has 1 aromatic rings. The van der Waals surface area contributed by atoms with Crippen LogP contribution in [0.5, 0.6) is 0 Å². The number of nitrogens with zero attached hydrogens (tertiary/aromatic N) is 1. The van der Waals surface area contributed by atoms with Gasteiger partial charge in [0, 0.05) is 15.5 Å². The summed E-state index contributed by atoms with van der Waals surface area (Å²) in [5.41, 5.74) is 14.1.